The summed E-state index contributed by atoms with van der Waals surface area (Å²) in [6.07, 6.45) is 1.28. The van der Waals surface area contributed by atoms with E-state index in [1.165, 1.54) is 0 Å². The minimum absolute atomic E-state index is 0.132. The molecule has 0 atom stereocenters. The lowest BCUT2D eigenvalue weighted by Crippen LogP contribution is -2.31. The van der Waals surface area contributed by atoms with E-state index in [4.69, 9.17) is 9.47 Å². The zero-order valence-electron chi connectivity index (χ0n) is 12.8. The van der Waals surface area contributed by atoms with Crippen LogP contribution in [0.5, 0.6) is 11.5 Å². The SMILES string of the molecule is COc1cc2c(cc1OCc1ccccc1)CCC(=O)N2C. The molecule has 3 rings (SSSR count). The summed E-state index contributed by atoms with van der Waals surface area (Å²) in [6.45, 7) is 0.491. The number of ether oxygens (including phenoxy) is 2. The summed E-state index contributed by atoms with van der Waals surface area (Å²) in [4.78, 5) is 13.5. The maximum atomic E-state index is 11.8. The van der Waals surface area contributed by atoms with Crippen molar-refractivity contribution in [3.05, 3.63) is 53.6 Å². The number of anilines is 1. The number of fused-ring (bicyclic) bond motifs is 1. The van der Waals surface area contributed by atoms with E-state index in [1.807, 2.05) is 42.5 Å². The van der Waals surface area contributed by atoms with Crippen LogP contribution >= 0.6 is 0 Å². The summed E-state index contributed by atoms with van der Waals surface area (Å²) in [5.41, 5.74) is 3.13. The smallest absolute Gasteiger partial charge is 0.227 e. The summed E-state index contributed by atoms with van der Waals surface area (Å²) in [7, 11) is 3.41. The van der Waals surface area contributed by atoms with E-state index >= 15 is 0 Å². The van der Waals surface area contributed by atoms with Gasteiger partial charge in [0.15, 0.2) is 11.5 Å². The highest BCUT2D eigenvalue weighted by Crippen LogP contribution is 2.38. The van der Waals surface area contributed by atoms with Gasteiger partial charge in [-0.3, -0.25) is 4.79 Å². The van der Waals surface area contributed by atoms with Gasteiger partial charge in [0.2, 0.25) is 5.91 Å². The molecule has 0 saturated heterocycles. The number of carbonyl (C=O) groups is 1. The van der Waals surface area contributed by atoms with Crippen LogP contribution in [0, 0.1) is 0 Å². The number of hydrogen-bond acceptors (Lipinski definition) is 3. The van der Waals surface area contributed by atoms with Gasteiger partial charge in [-0.25, -0.2) is 0 Å². The van der Waals surface area contributed by atoms with Crippen LogP contribution in [0.2, 0.25) is 0 Å². The Labute approximate surface area is 130 Å². The summed E-state index contributed by atoms with van der Waals surface area (Å²) in [5, 5.41) is 0. The Morgan fingerprint density at radius 3 is 2.59 bits per heavy atom. The lowest BCUT2D eigenvalue weighted by atomic mass is 10.0. The Bertz CT molecular complexity index is 682. The van der Waals surface area contributed by atoms with E-state index < -0.39 is 0 Å². The van der Waals surface area contributed by atoms with E-state index in [9.17, 15) is 4.79 Å². The molecule has 1 amide bonds. The third kappa shape index (κ3) is 2.77. The summed E-state index contributed by atoms with van der Waals surface area (Å²) in [6, 6.07) is 13.9. The third-order valence-corrected chi connectivity index (χ3v) is 3.95. The highest BCUT2D eigenvalue weighted by Gasteiger charge is 2.23. The molecule has 1 heterocycles. The van der Waals surface area contributed by atoms with E-state index in [1.54, 1.807) is 19.1 Å². The Kier molecular flexibility index (Phi) is 4.00. The molecule has 0 radical (unpaired) electrons. The number of carbonyl (C=O) groups excluding carboxylic acids is 1. The number of hydrogen-bond donors (Lipinski definition) is 0. The van der Waals surface area contributed by atoms with E-state index in [0.717, 1.165) is 23.2 Å². The van der Waals surface area contributed by atoms with Crippen molar-refractivity contribution in [1.29, 1.82) is 0 Å². The largest absolute Gasteiger partial charge is 0.493 e. The van der Waals surface area contributed by atoms with Crippen LogP contribution in [0.3, 0.4) is 0 Å². The van der Waals surface area contributed by atoms with Gasteiger partial charge in [0.25, 0.3) is 0 Å². The Morgan fingerprint density at radius 2 is 1.86 bits per heavy atom. The van der Waals surface area contributed by atoms with Gasteiger partial charge in [0.1, 0.15) is 6.61 Å². The predicted octanol–water partition coefficient (Wildman–Crippen LogP) is 3.18. The molecule has 22 heavy (non-hydrogen) atoms. The van der Waals surface area contributed by atoms with Crippen molar-refractivity contribution >= 4 is 11.6 Å². The molecule has 4 heteroatoms. The molecule has 1 aliphatic rings. The number of amides is 1. The number of nitrogens with zero attached hydrogens (tertiary/aromatic N) is 1. The average Bonchev–Trinajstić information content (AvgIpc) is 2.57. The van der Waals surface area contributed by atoms with Crippen LogP contribution in [0.1, 0.15) is 17.5 Å². The van der Waals surface area contributed by atoms with E-state index in [-0.39, 0.29) is 5.91 Å². The second-order valence-corrected chi connectivity index (χ2v) is 5.36. The first-order valence-electron chi connectivity index (χ1n) is 7.33. The first kappa shape index (κ1) is 14.4. The molecule has 0 saturated carbocycles. The Hall–Kier alpha value is -2.49. The second-order valence-electron chi connectivity index (χ2n) is 5.36. The highest BCUT2D eigenvalue weighted by molar-refractivity contribution is 5.96. The molecule has 0 aliphatic carbocycles. The van der Waals surface area contributed by atoms with E-state index in [2.05, 4.69) is 0 Å². The molecule has 114 valence electrons. The molecule has 0 bridgehead atoms. The molecular formula is C18H19NO3. The van der Waals surface area contributed by atoms with Crippen LogP contribution in [0.25, 0.3) is 0 Å². The van der Waals surface area contributed by atoms with Gasteiger partial charge < -0.3 is 14.4 Å². The monoisotopic (exact) mass is 297 g/mol. The van der Waals surface area contributed by atoms with Crippen molar-refractivity contribution in [3.8, 4) is 11.5 Å². The standard InChI is InChI=1S/C18H19NO3/c1-19-15-11-16(21-2)17(10-14(15)8-9-18(19)20)22-12-13-6-4-3-5-7-13/h3-7,10-11H,8-9,12H2,1-2H3. The van der Waals surface area contributed by atoms with Crippen LogP contribution in [0.15, 0.2) is 42.5 Å². The van der Waals surface area contributed by atoms with Crippen molar-refractivity contribution in [1.82, 2.24) is 0 Å². The number of aryl methyl sites for hydroxylation is 1. The molecule has 0 unspecified atom stereocenters. The van der Waals surface area contributed by atoms with Crippen molar-refractivity contribution in [2.45, 2.75) is 19.4 Å². The molecule has 1 aliphatic heterocycles. The second kappa shape index (κ2) is 6.10. The normalized spacial score (nSPS) is 13.7. The van der Waals surface area contributed by atoms with Crippen LogP contribution in [0.4, 0.5) is 5.69 Å². The summed E-state index contributed by atoms with van der Waals surface area (Å²) >= 11 is 0. The van der Waals surface area contributed by atoms with Gasteiger partial charge in [-0.05, 0) is 23.6 Å². The first-order chi connectivity index (χ1) is 10.7. The minimum atomic E-state index is 0.132. The van der Waals surface area contributed by atoms with Crippen LogP contribution < -0.4 is 14.4 Å². The fourth-order valence-electron chi connectivity index (χ4n) is 2.66. The van der Waals surface area contributed by atoms with Gasteiger partial charge in [0.05, 0.1) is 12.8 Å². The minimum Gasteiger partial charge on any atom is -0.493 e. The summed E-state index contributed by atoms with van der Waals surface area (Å²) in [5.74, 6) is 1.50. The number of methoxy groups -OCH3 is 1. The first-order valence-corrected chi connectivity index (χ1v) is 7.33. The molecule has 2 aromatic carbocycles. The average molecular weight is 297 g/mol. The molecule has 0 aromatic heterocycles. The third-order valence-electron chi connectivity index (χ3n) is 3.95. The molecule has 0 N–H and O–H groups in total. The van der Waals surface area contributed by atoms with Crippen molar-refractivity contribution in [2.24, 2.45) is 0 Å². The quantitative estimate of drug-likeness (QED) is 0.870. The fraction of sp³-hybridized carbons (Fsp3) is 0.278. The van der Waals surface area contributed by atoms with E-state index in [0.29, 0.717) is 24.5 Å². The Morgan fingerprint density at radius 1 is 1.09 bits per heavy atom. The van der Waals surface area contributed by atoms with Gasteiger partial charge in [0, 0.05) is 19.5 Å². The lowest BCUT2D eigenvalue weighted by Gasteiger charge is -2.27. The van der Waals surface area contributed by atoms with Crippen LogP contribution in [-0.2, 0) is 17.8 Å². The van der Waals surface area contributed by atoms with Gasteiger partial charge in [-0.1, -0.05) is 30.3 Å². The van der Waals surface area contributed by atoms with Crippen LogP contribution in [-0.4, -0.2) is 20.1 Å². The highest BCUT2D eigenvalue weighted by atomic mass is 16.5. The van der Waals surface area contributed by atoms with Crippen molar-refractivity contribution in [3.63, 3.8) is 0 Å². The van der Waals surface area contributed by atoms with Gasteiger partial charge >= 0.3 is 0 Å². The maximum Gasteiger partial charge on any atom is 0.227 e. The molecule has 2 aromatic rings. The van der Waals surface area contributed by atoms with Gasteiger partial charge in [-0.15, -0.1) is 0 Å². The molecule has 0 fully saturated rings. The Balaban J connectivity index is 1.87. The summed E-state index contributed by atoms with van der Waals surface area (Å²) < 4.78 is 11.3. The zero-order chi connectivity index (χ0) is 15.5. The van der Waals surface area contributed by atoms with Gasteiger partial charge in [-0.2, -0.15) is 0 Å². The van der Waals surface area contributed by atoms with Crippen molar-refractivity contribution < 1.29 is 14.3 Å². The topological polar surface area (TPSA) is 38.8 Å². The molecule has 4 nitrogen and oxygen atoms in total. The fourth-order valence-corrected chi connectivity index (χ4v) is 2.66. The predicted molar refractivity (Wildman–Crippen MR) is 85.5 cm³/mol. The maximum absolute atomic E-state index is 11.8. The lowest BCUT2D eigenvalue weighted by molar-refractivity contribution is -0.118. The molecular weight excluding hydrogens is 278 g/mol. The molecule has 0 spiro atoms. The van der Waals surface area contributed by atoms with Crippen molar-refractivity contribution in [2.75, 3.05) is 19.1 Å². The number of rotatable bonds is 4. The zero-order valence-corrected chi connectivity index (χ0v) is 12.8. The number of benzene rings is 2.